The zero-order chi connectivity index (χ0) is 29.0. The molecule has 0 unspecified atom stereocenters. The van der Waals surface area contributed by atoms with Crippen molar-refractivity contribution >= 4 is 17.9 Å². The minimum atomic E-state index is -1.24. The summed E-state index contributed by atoms with van der Waals surface area (Å²) in [4.78, 5) is 31.7. The standard InChI is InChI=1S/3C10H10O3.Cr/c3*1-2-7-13-9-6-4-3-5-8(9)10(11)12;/h3*2-6H,1,7H2,(H,11,12);/q;;;+3/p-3. The van der Waals surface area contributed by atoms with Gasteiger partial charge in [-0.2, -0.15) is 0 Å². The predicted molar refractivity (Wildman–Crippen MR) is 139 cm³/mol. The van der Waals surface area contributed by atoms with E-state index in [1.165, 1.54) is 18.2 Å². The smallest absolute Gasteiger partial charge is 0.545 e. The summed E-state index contributed by atoms with van der Waals surface area (Å²) < 4.78 is 15.3. The van der Waals surface area contributed by atoms with Crippen molar-refractivity contribution < 1.29 is 61.3 Å². The number of rotatable bonds is 12. The van der Waals surface area contributed by atoms with Crippen molar-refractivity contribution in [2.24, 2.45) is 0 Å². The van der Waals surface area contributed by atoms with Gasteiger partial charge in [0.25, 0.3) is 0 Å². The molecule has 0 aliphatic heterocycles. The van der Waals surface area contributed by atoms with Crippen molar-refractivity contribution in [2.75, 3.05) is 19.8 Å². The predicted octanol–water partition coefficient (Wildman–Crippen LogP) is 1.84. The molecular formula is C30H27CrO9. The van der Waals surface area contributed by atoms with E-state index < -0.39 is 17.9 Å². The van der Waals surface area contributed by atoms with Crippen molar-refractivity contribution in [1.82, 2.24) is 0 Å². The van der Waals surface area contributed by atoms with E-state index in [1.54, 1.807) is 72.8 Å². The summed E-state index contributed by atoms with van der Waals surface area (Å²) in [6.07, 6.45) is 4.64. The Morgan fingerprint density at radius 1 is 0.525 bits per heavy atom. The molecule has 0 aromatic heterocycles. The van der Waals surface area contributed by atoms with Crippen LogP contribution >= 0.6 is 0 Å². The van der Waals surface area contributed by atoms with Gasteiger partial charge in [0.05, 0.1) is 17.9 Å². The molecule has 3 aromatic carbocycles. The van der Waals surface area contributed by atoms with Gasteiger partial charge in [-0.15, -0.1) is 0 Å². The molecule has 0 amide bonds. The number of para-hydroxylation sites is 3. The van der Waals surface area contributed by atoms with Crippen LogP contribution in [-0.2, 0) is 17.4 Å². The van der Waals surface area contributed by atoms with Crippen LogP contribution in [0.15, 0.2) is 111 Å². The van der Waals surface area contributed by atoms with E-state index in [1.807, 2.05) is 0 Å². The molecule has 3 rings (SSSR count). The number of carbonyl (C=O) groups is 3. The number of carbonyl (C=O) groups excluding carboxylic acids is 3. The van der Waals surface area contributed by atoms with E-state index in [4.69, 9.17) is 14.2 Å². The largest absolute Gasteiger partial charge is 3.00 e. The SMILES string of the molecule is C=CCOc1ccccc1C(=O)[O-].C=CCOc1ccccc1C(=O)[O-].C=CCOc1ccccc1C(=O)[O-].[Cr+3]. The molecule has 0 fully saturated rings. The molecule has 0 saturated carbocycles. The summed E-state index contributed by atoms with van der Waals surface area (Å²) in [6, 6.07) is 19.0. The van der Waals surface area contributed by atoms with Crippen molar-refractivity contribution in [1.29, 1.82) is 0 Å². The van der Waals surface area contributed by atoms with Crippen molar-refractivity contribution in [3.8, 4) is 17.2 Å². The monoisotopic (exact) mass is 583 g/mol. The average molecular weight is 584 g/mol. The fourth-order valence-electron chi connectivity index (χ4n) is 2.73. The maximum atomic E-state index is 10.6. The second kappa shape index (κ2) is 20.2. The minimum Gasteiger partial charge on any atom is -0.545 e. The summed E-state index contributed by atoms with van der Waals surface area (Å²) in [6.45, 7) is 11.2. The third kappa shape index (κ3) is 12.6. The Morgan fingerprint density at radius 3 is 0.950 bits per heavy atom. The van der Waals surface area contributed by atoms with Gasteiger partial charge in [0.2, 0.25) is 0 Å². The van der Waals surface area contributed by atoms with Crippen LogP contribution in [0.3, 0.4) is 0 Å². The van der Waals surface area contributed by atoms with Crippen LogP contribution in [0.4, 0.5) is 0 Å². The number of aromatic carboxylic acids is 3. The van der Waals surface area contributed by atoms with Gasteiger partial charge < -0.3 is 43.9 Å². The van der Waals surface area contributed by atoms with Gasteiger partial charge >= 0.3 is 17.4 Å². The summed E-state index contributed by atoms with van der Waals surface area (Å²) in [5.74, 6) is -2.79. The van der Waals surface area contributed by atoms with Crippen LogP contribution in [-0.4, -0.2) is 37.7 Å². The molecule has 0 atom stereocenters. The van der Waals surface area contributed by atoms with E-state index in [0.717, 1.165) is 0 Å². The fraction of sp³-hybridized carbons (Fsp3) is 0.100. The van der Waals surface area contributed by atoms with Crippen molar-refractivity contribution in [2.45, 2.75) is 0 Å². The first-order valence-electron chi connectivity index (χ1n) is 11.4. The first kappa shape index (κ1) is 35.2. The maximum Gasteiger partial charge on any atom is 3.00 e. The summed E-state index contributed by atoms with van der Waals surface area (Å²) >= 11 is 0. The Balaban J connectivity index is 0.000000563. The Morgan fingerprint density at radius 2 is 0.750 bits per heavy atom. The van der Waals surface area contributed by atoms with E-state index in [2.05, 4.69) is 19.7 Å². The quantitative estimate of drug-likeness (QED) is 0.291. The fourth-order valence-corrected chi connectivity index (χ4v) is 2.73. The number of hydrogen-bond donors (Lipinski definition) is 0. The first-order valence-corrected chi connectivity index (χ1v) is 11.4. The minimum absolute atomic E-state index is 0. The normalized spacial score (nSPS) is 9.00. The maximum absolute atomic E-state index is 10.6. The molecule has 0 aliphatic rings. The van der Waals surface area contributed by atoms with Crippen LogP contribution in [0.25, 0.3) is 0 Å². The number of carboxylic acid groups (broad SMARTS) is 3. The third-order valence-corrected chi connectivity index (χ3v) is 4.39. The molecule has 0 spiro atoms. The topological polar surface area (TPSA) is 148 Å². The van der Waals surface area contributed by atoms with Gasteiger partial charge in [-0.05, 0) is 36.4 Å². The number of benzene rings is 3. The van der Waals surface area contributed by atoms with Crippen LogP contribution in [0.5, 0.6) is 17.2 Å². The number of carboxylic acids is 3. The second-order valence-corrected chi connectivity index (χ2v) is 7.15. The summed E-state index contributed by atoms with van der Waals surface area (Å²) in [7, 11) is 0. The molecule has 0 saturated heterocycles. The second-order valence-electron chi connectivity index (χ2n) is 7.15. The molecule has 0 heterocycles. The van der Waals surface area contributed by atoms with E-state index in [9.17, 15) is 29.7 Å². The van der Waals surface area contributed by atoms with Crippen LogP contribution < -0.4 is 29.5 Å². The van der Waals surface area contributed by atoms with Gasteiger partial charge in [0.1, 0.15) is 37.1 Å². The Hall–Kier alpha value is -4.78. The molecule has 10 heteroatoms. The van der Waals surface area contributed by atoms with Crippen molar-refractivity contribution in [3.05, 3.63) is 127 Å². The molecule has 0 N–H and O–H groups in total. The zero-order valence-corrected chi connectivity index (χ0v) is 22.8. The molecule has 1 radical (unpaired) electrons. The van der Waals surface area contributed by atoms with Crippen LogP contribution in [0.2, 0.25) is 0 Å². The van der Waals surface area contributed by atoms with Crippen LogP contribution in [0, 0.1) is 0 Å². The summed E-state index contributed by atoms with van der Waals surface area (Å²) in [5, 5.41) is 31.7. The molecule has 0 aliphatic carbocycles. The van der Waals surface area contributed by atoms with Crippen molar-refractivity contribution in [3.63, 3.8) is 0 Å². The summed E-state index contributed by atoms with van der Waals surface area (Å²) in [5.41, 5.74) is 0.179. The molecular weight excluding hydrogens is 556 g/mol. The molecule has 40 heavy (non-hydrogen) atoms. The average Bonchev–Trinajstić information content (AvgIpc) is 2.94. The first-order chi connectivity index (χ1) is 18.8. The van der Waals surface area contributed by atoms with E-state index >= 15 is 0 Å². The Kier molecular flexibility index (Phi) is 17.8. The molecule has 0 bridgehead atoms. The Labute approximate surface area is 243 Å². The van der Waals surface area contributed by atoms with Gasteiger partial charge in [-0.25, -0.2) is 0 Å². The van der Waals surface area contributed by atoms with Gasteiger partial charge in [0, 0.05) is 16.7 Å². The van der Waals surface area contributed by atoms with Gasteiger partial charge in [-0.3, -0.25) is 0 Å². The molecule has 207 valence electrons. The Bertz CT molecular complexity index is 1120. The van der Waals surface area contributed by atoms with Gasteiger partial charge in [0.15, 0.2) is 0 Å². The number of ether oxygens (including phenoxy) is 3. The molecule has 3 aromatic rings. The van der Waals surface area contributed by atoms with Gasteiger partial charge in [-0.1, -0.05) is 74.4 Å². The zero-order valence-electron chi connectivity index (χ0n) is 21.5. The molecule has 9 nitrogen and oxygen atoms in total. The van der Waals surface area contributed by atoms with Crippen LogP contribution in [0.1, 0.15) is 31.1 Å². The third-order valence-electron chi connectivity index (χ3n) is 4.39. The van der Waals surface area contributed by atoms with E-state index in [-0.39, 0.29) is 53.9 Å². The van der Waals surface area contributed by atoms with E-state index in [0.29, 0.717) is 17.2 Å². The number of hydrogen-bond acceptors (Lipinski definition) is 9.